The van der Waals surface area contributed by atoms with E-state index < -0.39 is 5.41 Å². The highest BCUT2D eigenvalue weighted by Crippen LogP contribution is 2.62. The van der Waals surface area contributed by atoms with Crippen LogP contribution in [0.2, 0.25) is 0 Å². The normalized spacial score (nSPS) is 27.6. The first-order chi connectivity index (χ1) is 9.12. The van der Waals surface area contributed by atoms with Gasteiger partial charge in [-0.05, 0) is 50.9 Å². The van der Waals surface area contributed by atoms with Gasteiger partial charge >= 0.3 is 5.97 Å². The maximum Gasteiger partial charge on any atom is 0.319 e. The van der Waals surface area contributed by atoms with Crippen LogP contribution in [0.1, 0.15) is 45.4 Å². The van der Waals surface area contributed by atoms with Gasteiger partial charge < -0.3 is 9.47 Å². The van der Waals surface area contributed by atoms with E-state index in [2.05, 4.69) is 0 Å². The van der Waals surface area contributed by atoms with Gasteiger partial charge in [-0.25, -0.2) is 0 Å². The van der Waals surface area contributed by atoms with E-state index in [1.165, 1.54) is 0 Å². The quantitative estimate of drug-likeness (QED) is 0.577. The smallest absolute Gasteiger partial charge is 0.319 e. The lowest BCUT2D eigenvalue weighted by Gasteiger charge is -2.55. The van der Waals surface area contributed by atoms with Crippen molar-refractivity contribution in [1.29, 1.82) is 0 Å². The van der Waals surface area contributed by atoms with Crippen molar-refractivity contribution in [1.82, 2.24) is 0 Å². The summed E-state index contributed by atoms with van der Waals surface area (Å²) >= 11 is 0. The molecular formula is C15H22O4. The Balaban J connectivity index is 1.76. The molecule has 2 saturated carbocycles. The Morgan fingerprint density at radius 2 is 1.84 bits per heavy atom. The molecule has 106 valence electrons. The number of Topliss-reactive ketones (excluding diaryl/α,β-unsaturated/α-hetero) is 1. The van der Waals surface area contributed by atoms with Gasteiger partial charge in [0, 0.05) is 19.1 Å². The average molecular weight is 266 g/mol. The Morgan fingerprint density at radius 3 is 2.37 bits per heavy atom. The third-order valence-corrected chi connectivity index (χ3v) is 4.99. The van der Waals surface area contributed by atoms with Crippen molar-refractivity contribution < 1.29 is 19.1 Å². The molecular weight excluding hydrogens is 244 g/mol. The standard InChI is InChI=1S/C15H22O4/c1-2-19-13(17)15(12(16)11-3-4-11)9-14(10-15)5-7-18-8-6-14/h11H,2-10H2,1H3. The molecule has 0 radical (unpaired) electrons. The molecule has 0 atom stereocenters. The number of esters is 1. The molecule has 19 heavy (non-hydrogen) atoms. The summed E-state index contributed by atoms with van der Waals surface area (Å²) in [6.07, 6.45) is 5.25. The lowest BCUT2D eigenvalue weighted by atomic mass is 9.48. The number of rotatable bonds is 4. The minimum atomic E-state index is -0.811. The van der Waals surface area contributed by atoms with Crippen LogP contribution in [-0.2, 0) is 19.1 Å². The van der Waals surface area contributed by atoms with Crippen molar-refractivity contribution in [3.05, 3.63) is 0 Å². The van der Waals surface area contributed by atoms with Crippen molar-refractivity contribution in [3.63, 3.8) is 0 Å². The van der Waals surface area contributed by atoms with Crippen LogP contribution in [0.25, 0.3) is 0 Å². The second kappa shape index (κ2) is 4.58. The summed E-state index contributed by atoms with van der Waals surface area (Å²) in [5.41, 5.74) is -0.649. The molecule has 1 spiro atoms. The molecule has 1 aliphatic heterocycles. The van der Waals surface area contributed by atoms with Crippen LogP contribution in [0, 0.1) is 16.7 Å². The average Bonchev–Trinajstić information content (AvgIpc) is 3.20. The molecule has 3 fully saturated rings. The van der Waals surface area contributed by atoms with Gasteiger partial charge in [0.05, 0.1) is 6.61 Å². The molecule has 0 N–H and O–H groups in total. The monoisotopic (exact) mass is 266 g/mol. The minimum absolute atomic E-state index is 0.126. The summed E-state index contributed by atoms with van der Waals surface area (Å²) in [6, 6.07) is 0. The molecule has 4 heteroatoms. The minimum Gasteiger partial charge on any atom is -0.465 e. The highest BCUT2D eigenvalue weighted by Gasteiger charge is 2.65. The van der Waals surface area contributed by atoms with Crippen molar-refractivity contribution >= 4 is 11.8 Å². The molecule has 3 rings (SSSR count). The van der Waals surface area contributed by atoms with Crippen LogP contribution in [0.3, 0.4) is 0 Å². The van der Waals surface area contributed by atoms with Gasteiger partial charge in [0.25, 0.3) is 0 Å². The molecule has 1 heterocycles. The molecule has 0 amide bonds. The third-order valence-electron chi connectivity index (χ3n) is 4.99. The molecule has 3 aliphatic rings. The van der Waals surface area contributed by atoms with Crippen molar-refractivity contribution in [2.24, 2.45) is 16.7 Å². The number of hydrogen-bond donors (Lipinski definition) is 0. The van der Waals surface area contributed by atoms with Crippen LogP contribution in [-0.4, -0.2) is 31.6 Å². The summed E-state index contributed by atoms with van der Waals surface area (Å²) in [4.78, 5) is 24.8. The van der Waals surface area contributed by atoms with Gasteiger partial charge in [-0.2, -0.15) is 0 Å². The van der Waals surface area contributed by atoms with Crippen LogP contribution >= 0.6 is 0 Å². The van der Waals surface area contributed by atoms with Crippen LogP contribution in [0.4, 0.5) is 0 Å². The van der Waals surface area contributed by atoms with Gasteiger partial charge in [-0.3, -0.25) is 9.59 Å². The Bertz CT molecular complexity index is 383. The molecule has 0 unspecified atom stereocenters. The van der Waals surface area contributed by atoms with Gasteiger partial charge in [0.15, 0.2) is 5.78 Å². The maximum absolute atomic E-state index is 12.5. The highest BCUT2D eigenvalue weighted by molar-refractivity contribution is 6.07. The molecule has 1 saturated heterocycles. The number of ether oxygens (including phenoxy) is 2. The molecule has 0 aromatic carbocycles. The van der Waals surface area contributed by atoms with E-state index >= 15 is 0 Å². The van der Waals surface area contributed by atoms with Gasteiger partial charge in [0.2, 0.25) is 0 Å². The van der Waals surface area contributed by atoms with Crippen LogP contribution in [0.15, 0.2) is 0 Å². The molecule has 4 nitrogen and oxygen atoms in total. The Hall–Kier alpha value is -0.900. The van der Waals surface area contributed by atoms with E-state index in [1.807, 2.05) is 0 Å². The van der Waals surface area contributed by atoms with E-state index in [0.29, 0.717) is 19.4 Å². The third kappa shape index (κ3) is 2.10. The van der Waals surface area contributed by atoms with Gasteiger partial charge in [0.1, 0.15) is 5.41 Å². The first-order valence-corrected chi connectivity index (χ1v) is 7.41. The van der Waals surface area contributed by atoms with Gasteiger partial charge in [-0.15, -0.1) is 0 Å². The van der Waals surface area contributed by atoms with E-state index in [1.54, 1.807) is 6.92 Å². The van der Waals surface area contributed by atoms with Crippen LogP contribution < -0.4 is 0 Å². The fraction of sp³-hybridized carbons (Fsp3) is 0.867. The predicted molar refractivity (Wildman–Crippen MR) is 68.5 cm³/mol. The fourth-order valence-electron chi connectivity index (χ4n) is 3.81. The zero-order valence-corrected chi connectivity index (χ0v) is 11.6. The number of carbonyl (C=O) groups is 2. The van der Waals surface area contributed by atoms with Crippen LogP contribution in [0.5, 0.6) is 0 Å². The number of hydrogen-bond acceptors (Lipinski definition) is 4. The first kappa shape index (κ1) is 13.1. The first-order valence-electron chi connectivity index (χ1n) is 7.41. The molecule has 0 aromatic rings. The predicted octanol–water partition coefficient (Wildman–Crippen LogP) is 2.11. The topological polar surface area (TPSA) is 52.6 Å². The van der Waals surface area contributed by atoms with E-state index in [4.69, 9.17) is 9.47 Å². The fourth-order valence-corrected chi connectivity index (χ4v) is 3.81. The molecule has 2 aliphatic carbocycles. The van der Waals surface area contributed by atoms with Crippen molar-refractivity contribution in [2.45, 2.75) is 45.4 Å². The second-order valence-corrected chi connectivity index (χ2v) is 6.41. The highest BCUT2D eigenvalue weighted by atomic mass is 16.5. The summed E-state index contributed by atoms with van der Waals surface area (Å²) < 4.78 is 10.6. The van der Waals surface area contributed by atoms with Crippen molar-refractivity contribution in [3.8, 4) is 0 Å². The molecule has 0 bridgehead atoms. The Labute approximate surface area is 113 Å². The lowest BCUT2D eigenvalue weighted by Crippen LogP contribution is -2.58. The molecule has 0 aromatic heterocycles. The largest absolute Gasteiger partial charge is 0.465 e. The van der Waals surface area contributed by atoms with E-state index in [9.17, 15) is 9.59 Å². The summed E-state index contributed by atoms with van der Waals surface area (Å²) in [7, 11) is 0. The maximum atomic E-state index is 12.5. The van der Waals surface area contributed by atoms with Crippen molar-refractivity contribution in [2.75, 3.05) is 19.8 Å². The van der Waals surface area contributed by atoms with Gasteiger partial charge in [-0.1, -0.05) is 0 Å². The Morgan fingerprint density at radius 1 is 1.21 bits per heavy atom. The van der Waals surface area contributed by atoms with E-state index in [-0.39, 0.29) is 23.1 Å². The summed E-state index contributed by atoms with van der Waals surface area (Å²) in [6.45, 7) is 3.68. The SMILES string of the molecule is CCOC(=O)C1(C(=O)C2CC2)CC2(CCOCC2)C1. The number of ketones is 1. The summed E-state index contributed by atoms with van der Waals surface area (Å²) in [5.74, 6) is 0.00804. The second-order valence-electron chi connectivity index (χ2n) is 6.41. The number of carbonyl (C=O) groups excluding carboxylic acids is 2. The summed E-state index contributed by atoms with van der Waals surface area (Å²) in [5, 5.41) is 0. The van der Waals surface area contributed by atoms with E-state index in [0.717, 1.165) is 38.9 Å². The zero-order chi connectivity index (χ0) is 13.5. The zero-order valence-electron chi connectivity index (χ0n) is 11.6. The Kier molecular flexibility index (Phi) is 3.16. The lowest BCUT2D eigenvalue weighted by molar-refractivity contribution is -0.185.